The molecule has 2 N–H and O–H groups in total. The zero-order valence-electron chi connectivity index (χ0n) is 12.4. The first kappa shape index (κ1) is 15.0. The standard InChI is InChI=1S/C17H15FN2O3/c1-10-2-7-14-13(8-10)20-17(22)15(23-14)16(21)19-9-11-3-5-12(18)6-4-11/h2-8,15H,9H2,1H3,(H,19,21)(H,20,22)/t15-/m1/s1. The van der Waals surface area contributed by atoms with Crippen LogP contribution in [0.15, 0.2) is 42.5 Å². The Balaban J connectivity index is 1.66. The molecule has 6 heteroatoms. The number of amides is 2. The molecule has 1 heterocycles. The number of hydrogen-bond acceptors (Lipinski definition) is 3. The van der Waals surface area contributed by atoms with Crippen LogP contribution in [0.2, 0.25) is 0 Å². The molecule has 0 saturated carbocycles. The van der Waals surface area contributed by atoms with Crippen LogP contribution in [-0.2, 0) is 16.1 Å². The predicted octanol–water partition coefficient (Wildman–Crippen LogP) is 2.15. The fraction of sp³-hybridized carbons (Fsp3) is 0.176. The lowest BCUT2D eigenvalue weighted by Gasteiger charge is -2.25. The summed E-state index contributed by atoms with van der Waals surface area (Å²) in [6.07, 6.45) is -1.24. The van der Waals surface area contributed by atoms with Crippen molar-refractivity contribution in [3.63, 3.8) is 0 Å². The number of aryl methyl sites for hydroxylation is 1. The highest BCUT2D eigenvalue weighted by atomic mass is 19.1. The van der Waals surface area contributed by atoms with Crippen molar-refractivity contribution >= 4 is 17.5 Å². The minimum absolute atomic E-state index is 0.188. The topological polar surface area (TPSA) is 67.4 Å². The summed E-state index contributed by atoms with van der Waals surface area (Å²) in [5.74, 6) is -0.947. The molecule has 23 heavy (non-hydrogen) atoms. The molecule has 0 radical (unpaired) electrons. The minimum atomic E-state index is -1.24. The molecule has 0 aliphatic carbocycles. The summed E-state index contributed by atoms with van der Waals surface area (Å²) >= 11 is 0. The Labute approximate surface area is 132 Å². The van der Waals surface area contributed by atoms with Gasteiger partial charge in [-0.1, -0.05) is 18.2 Å². The highest BCUT2D eigenvalue weighted by Crippen LogP contribution is 2.30. The molecule has 3 rings (SSSR count). The first-order chi connectivity index (χ1) is 11.0. The van der Waals surface area contributed by atoms with Crippen molar-refractivity contribution in [3.05, 3.63) is 59.4 Å². The van der Waals surface area contributed by atoms with Crippen LogP contribution in [0, 0.1) is 12.7 Å². The Kier molecular flexibility index (Phi) is 3.97. The summed E-state index contributed by atoms with van der Waals surface area (Å²) in [6.45, 7) is 2.08. The largest absolute Gasteiger partial charge is 0.468 e. The molecule has 0 unspecified atom stereocenters. The van der Waals surface area contributed by atoms with E-state index < -0.39 is 17.9 Å². The molecule has 2 aromatic carbocycles. The van der Waals surface area contributed by atoms with Crippen LogP contribution in [0.25, 0.3) is 0 Å². The number of rotatable bonds is 3. The first-order valence-corrected chi connectivity index (χ1v) is 7.13. The average molecular weight is 314 g/mol. The zero-order chi connectivity index (χ0) is 16.4. The van der Waals surface area contributed by atoms with Gasteiger partial charge in [0, 0.05) is 6.54 Å². The van der Waals surface area contributed by atoms with Gasteiger partial charge in [0.25, 0.3) is 17.9 Å². The van der Waals surface area contributed by atoms with Gasteiger partial charge in [-0.3, -0.25) is 9.59 Å². The highest BCUT2D eigenvalue weighted by molar-refractivity contribution is 6.11. The molecule has 1 atom stereocenters. The van der Waals surface area contributed by atoms with Crippen LogP contribution < -0.4 is 15.4 Å². The third-order valence-corrected chi connectivity index (χ3v) is 3.49. The highest BCUT2D eigenvalue weighted by Gasteiger charge is 2.33. The zero-order valence-corrected chi connectivity index (χ0v) is 12.4. The van der Waals surface area contributed by atoms with E-state index in [1.807, 2.05) is 13.0 Å². The van der Waals surface area contributed by atoms with Crippen LogP contribution in [0.3, 0.4) is 0 Å². The molecule has 118 valence electrons. The number of carbonyl (C=O) groups excluding carboxylic acids is 2. The van der Waals surface area contributed by atoms with Crippen molar-refractivity contribution in [2.45, 2.75) is 19.6 Å². The molecule has 0 fully saturated rings. The molecule has 0 aromatic heterocycles. The van der Waals surface area contributed by atoms with E-state index in [1.165, 1.54) is 12.1 Å². The number of anilines is 1. The summed E-state index contributed by atoms with van der Waals surface area (Å²) < 4.78 is 18.3. The summed E-state index contributed by atoms with van der Waals surface area (Å²) in [5.41, 5.74) is 2.26. The minimum Gasteiger partial charge on any atom is -0.468 e. The number of carbonyl (C=O) groups is 2. The molecule has 1 aliphatic heterocycles. The van der Waals surface area contributed by atoms with Gasteiger partial charge in [0.1, 0.15) is 11.6 Å². The van der Waals surface area contributed by atoms with Crippen molar-refractivity contribution in [1.29, 1.82) is 0 Å². The molecular weight excluding hydrogens is 299 g/mol. The van der Waals surface area contributed by atoms with Crippen LogP contribution >= 0.6 is 0 Å². The van der Waals surface area contributed by atoms with Gasteiger partial charge in [0.05, 0.1) is 5.69 Å². The summed E-state index contributed by atoms with van der Waals surface area (Å²) in [7, 11) is 0. The predicted molar refractivity (Wildman–Crippen MR) is 82.5 cm³/mol. The lowest BCUT2D eigenvalue weighted by atomic mass is 10.1. The number of ether oxygens (including phenoxy) is 1. The second-order valence-corrected chi connectivity index (χ2v) is 5.33. The number of halogens is 1. The summed E-state index contributed by atoms with van der Waals surface area (Å²) in [6, 6.07) is 11.1. The number of fused-ring (bicyclic) bond motifs is 1. The van der Waals surface area contributed by atoms with E-state index in [1.54, 1.807) is 24.3 Å². The normalized spacial score (nSPS) is 16.1. The Bertz CT molecular complexity index is 759. The van der Waals surface area contributed by atoms with Crippen LogP contribution in [-0.4, -0.2) is 17.9 Å². The molecule has 0 bridgehead atoms. The Morgan fingerprint density at radius 2 is 2.00 bits per heavy atom. The fourth-order valence-electron chi connectivity index (χ4n) is 2.28. The van der Waals surface area contributed by atoms with Crippen molar-refractivity contribution in [2.24, 2.45) is 0 Å². The molecular formula is C17H15FN2O3. The molecule has 0 spiro atoms. The SMILES string of the molecule is Cc1ccc2c(c1)NC(=O)[C@@H](C(=O)NCc1ccc(F)cc1)O2. The maximum Gasteiger partial charge on any atom is 0.275 e. The van der Waals surface area contributed by atoms with Crippen LogP contribution in [0.5, 0.6) is 5.75 Å². The quantitative estimate of drug-likeness (QED) is 0.853. The van der Waals surface area contributed by atoms with Crippen molar-refractivity contribution < 1.29 is 18.7 Å². The molecule has 1 aliphatic rings. The van der Waals surface area contributed by atoms with E-state index in [-0.39, 0.29) is 12.4 Å². The maximum absolute atomic E-state index is 12.8. The Hall–Kier alpha value is -2.89. The lowest BCUT2D eigenvalue weighted by molar-refractivity contribution is -0.137. The second kappa shape index (κ2) is 6.08. The molecule has 0 saturated heterocycles. The van der Waals surface area contributed by atoms with Gasteiger partial charge in [-0.15, -0.1) is 0 Å². The van der Waals surface area contributed by atoms with E-state index in [4.69, 9.17) is 4.74 Å². The van der Waals surface area contributed by atoms with Crippen LogP contribution in [0.1, 0.15) is 11.1 Å². The van der Waals surface area contributed by atoms with Gasteiger partial charge in [0.2, 0.25) is 0 Å². The van der Waals surface area contributed by atoms with Gasteiger partial charge >= 0.3 is 0 Å². The number of benzene rings is 2. The molecule has 2 aromatic rings. The lowest BCUT2D eigenvalue weighted by Crippen LogP contribution is -2.48. The fourth-order valence-corrected chi connectivity index (χ4v) is 2.28. The smallest absolute Gasteiger partial charge is 0.275 e. The van der Waals surface area contributed by atoms with E-state index in [0.29, 0.717) is 11.4 Å². The summed E-state index contributed by atoms with van der Waals surface area (Å²) in [4.78, 5) is 24.2. The van der Waals surface area contributed by atoms with Gasteiger partial charge in [-0.2, -0.15) is 0 Å². The Morgan fingerprint density at radius 3 is 2.74 bits per heavy atom. The molecule has 2 amide bonds. The van der Waals surface area contributed by atoms with E-state index in [2.05, 4.69) is 10.6 Å². The average Bonchev–Trinajstić information content (AvgIpc) is 2.53. The van der Waals surface area contributed by atoms with Gasteiger partial charge in [0.15, 0.2) is 0 Å². The first-order valence-electron chi connectivity index (χ1n) is 7.13. The Morgan fingerprint density at radius 1 is 1.26 bits per heavy atom. The summed E-state index contributed by atoms with van der Waals surface area (Å²) in [5, 5.41) is 5.28. The van der Waals surface area contributed by atoms with E-state index >= 15 is 0 Å². The maximum atomic E-state index is 12.8. The van der Waals surface area contributed by atoms with Crippen molar-refractivity contribution in [1.82, 2.24) is 5.32 Å². The van der Waals surface area contributed by atoms with Crippen molar-refractivity contribution in [2.75, 3.05) is 5.32 Å². The van der Waals surface area contributed by atoms with Crippen molar-refractivity contribution in [3.8, 4) is 5.75 Å². The second-order valence-electron chi connectivity index (χ2n) is 5.33. The third-order valence-electron chi connectivity index (χ3n) is 3.49. The third kappa shape index (κ3) is 3.31. The monoisotopic (exact) mass is 314 g/mol. The van der Waals surface area contributed by atoms with Gasteiger partial charge in [-0.25, -0.2) is 4.39 Å². The number of nitrogens with one attached hydrogen (secondary N) is 2. The van der Waals surface area contributed by atoms with E-state index in [9.17, 15) is 14.0 Å². The van der Waals surface area contributed by atoms with E-state index in [0.717, 1.165) is 11.1 Å². The van der Waals surface area contributed by atoms with Crippen LogP contribution in [0.4, 0.5) is 10.1 Å². The van der Waals surface area contributed by atoms with Gasteiger partial charge in [-0.05, 0) is 42.3 Å². The van der Waals surface area contributed by atoms with Gasteiger partial charge < -0.3 is 15.4 Å². The number of hydrogen-bond donors (Lipinski definition) is 2. The molecule has 5 nitrogen and oxygen atoms in total.